The van der Waals surface area contributed by atoms with Gasteiger partial charge in [0.05, 0.1) is 38.6 Å². The van der Waals surface area contributed by atoms with Crippen LogP contribution in [0.1, 0.15) is 24.0 Å². The average Bonchev–Trinajstić information content (AvgIpc) is 3.76. The highest BCUT2D eigenvalue weighted by molar-refractivity contribution is 5.97. The molecule has 8 heteroatoms. The number of epoxide rings is 2. The van der Waals surface area contributed by atoms with Gasteiger partial charge in [0.2, 0.25) is 11.8 Å². The number of carbonyl (C=O) groups excluding carboxylic acids is 2. The van der Waals surface area contributed by atoms with Gasteiger partial charge in [-0.15, -0.1) is 0 Å². The van der Waals surface area contributed by atoms with Crippen LogP contribution >= 0.6 is 0 Å². The lowest BCUT2D eigenvalue weighted by atomic mass is 9.98. The van der Waals surface area contributed by atoms with Gasteiger partial charge in [-0.3, -0.25) is 9.59 Å². The van der Waals surface area contributed by atoms with Crippen LogP contribution in [0.2, 0.25) is 0 Å². The molecule has 3 aliphatic rings. The van der Waals surface area contributed by atoms with Crippen molar-refractivity contribution in [1.82, 2.24) is 10.6 Å². The molecule has 3 fully saturated rings. The van der Waals surface area contributed by atoms with Crippen molar-refractivity contribution in [2.24, 2.45) is 0 Å². The number of benzene rings is 2. The Morgan fingerprint density at radius 1 is 0.676 bits per heavy atom. The second kappa shape index (κ2) is 10.4. The molecule has 2 aromatic carbocycles. The molecule has 8 nitrogen and oxygen atoms in total. The zero-order valence-electron chi connectivity index (χ0n) is 19.0. The molecule has 0 spiro atoms. The van der Waals surface area contributed by atoms with E-state index in [0.29, 0.717) is 38.3 Å². The summed E-state index contributed by atoms with van der Waals surface area (Å²) >= 11 is 0. The Balaban J connectivity index is 1.07. The highest BCUT2D eigenvalue weighted by Crippen LogP contribution is 2.19. The molecule has 3 saturated heterocycles. The maximum absolute atomic E-state index is 12.7. The number of amides is 2. The average molecular weight is 467 g/mol. The predicted octanol–water partition coefficient (Wildman–Crippen LogP) is 1.79. The summed E-state index contributed by atoms with van der Waals surface area (Å²) in [6.07, 6.45) is 3.35. The van der Waals surface area contributed by atoms with Gasteiger partial charge in [-0.05, 0) is 35.4 Å². The van der Waals surface area contributed by atoms with Gasteiger partial charge >= 0.3 is 0 Å². The Labute approximate surface area is 198 Å². The molecular weight excluding hydrogens is 436 g/mol. The number of piperazine rings is 1. The Bertz CT molecular complexity index is 904. The van der Waals surface area contributed by atoms with Gasteiger partial charge in [0.25, 0.3) is 0 Å². The number of ether oxygens (including phenoxy) is 4. The van der Waals surface area contributed by atoms with Crippen molar-refractivity contribution in [3.8, 4) is 11.5 Å². The van der Waals surface area contributed by atoms with Crippen LogP contribution in [-0.4, -0.2) is 62.5 Å². The zero-order valence-corrected chi connectivity index (χ0v) is 19.0. The maximum atomic E-state index is 12.7. The molecule has 3 heterocycles. The van der Waals surface area contributed by atoms with Crippen LogP contribution < -0.4 is 20.1 Å². The Hall–Kier alpha value is -3.10. The molecule has 4 atom stereocenters. The van der Waals surface area contributed by atoms with Gasteiger partial charge < -0.3 is 29.6 Å². The SMILES string of the molecule is O=C1NC(Cc2ccc(OCCC3CO3)cc2)C(=O)NC1Cc1ccc(OCCC2CO2)cc1. The molecule has 5 rings (SSSR count). The number of hydrogen-bond acceptors (Lipinski definition) is 6. The molecule has 0 aromatic heterocycles. The standard InChI is InChI=1S/C26H30N2O6/c29-25-23(13-17-1-5-19(6-2-17)31-11-9-21-15-33-21)27-26(30)24(28-25)14-18-3-7-20(8-4-18)32-12-10-22-16-34-22/h1-8,21-24H,9-16H2,(H,27,30)(H,28,29). The third kappa shape index (κ3) is 6.48. The summed E-state index contributed by atoms with van der Waals surface area (Å²) in [5.41, 5.74) is 1.92. The minimum atomic E-state index is -0.589. The first-order valence-corrected chi connectivity index (χ1v) is 11.9. The first-order valence-electron chi connectivity index (χ1n) is 11.9. The second-order valence-corrected chi connectivity index (χ2v) is 9.00. The monoisotopic (exact) mass is 466 g/mol. The molecule has 2 N–H and O–H groups in total. The van der Waals surface area contributed by atoms with Gasteiger partial charge in [0, 0.05) is 25.7 Å². The molecule has 4 unspecified atom stereocenters. The third-order valence-electron chi connectivity index (χ3n) is 6.21. The molecular formula is C26H30N2O6. The van der Waals surface area contributed by atoms with Crippen molar-refractivity contribution < 1.29 is 28.5 Å². The summed E-state index contributed by atoms with van der Waals surface area (Å²) in [6, 6.07) is 14.1. The van der Waals surface area contributed by atoms with E-state index < -0.39 is 12.1 Å². The molecule has 2 aromatic rings. The topological polar surface area (TPSA) is 102 Å². The fraction of sp³-hybridized carbons (Fsp3) is 0.462. The van der Waals surface area contributed by atoms with Crippen molar-refractivity contribution in [1.29, 1.82) is 0 Å². The summed E-state index contributed by atoms with van der Waals surface area (Å²) in [6.45, 7) is 2.91. The highest BCUT2D eigenvalue weighted by Gasteiger charge is 2.33. The van der Waals surface area contributed by atoms with Crippen molar-refractivity contribution in [2.75, 3.05) is 26.4 Å². The normalized spacial score (nSPS) is 25.3. The van der Waals surface area contributed by atoms with Gasteiger partial charge in [-0.1, -0.05) is 24.3 Å². The van der Waals surface area contributed by atoms with Gasteiger partial charge in [-0.25, -0.2) is 0 Å². The number of carbonyl (C=O) groups is 2. The van der Waals surface area contributed by atoms with Gasteiger partial charge in [0.1, 0.15) is 23.6 Å². The quantitative estimate of drug-likeness (QED) is 0.463. The summed E-state index contributed by atoms with van der Waals surface area (Å²) in [5, 5.41) is 5.75. The van der Waals surface area contributed by atoms with E-state index in [2.05, 4.69) is 10.6 Å². The van der Waals surface area contributed by atoms with E-state index in [0.717, 1.165) is 48.7 Å². The summed E-state index contributed by atoms with van der Waals surface area (Å²) in [4.78, 5) is 25.3. The zero-order chi connectivity index (χ0) is 23.3. The van der Waals surface area contributed by atoms with E-state index in [1.165, 1.54) is 0 Å². The Kier molecular flexibility index (Phi) is 6.97. The fourth-order valence-corrected chi connectivity index (χ4v) is 3.96. The molecule has 34 heavy (non-hydrogen) atoms. The van der Waals surface area contributed by atoms with Crippen molar-refractivity contribution in [3.63, 3.8) is 0 Å². The van der Waals surface area contributed by atoms with Crippen LogP contribution in [-0.2, 0) is 31.9 Å². The van der Waals surface area contributed by atoms with E-state index in [4.69, 9.17) is 18.9 Å². The Morgan fingerprint density at radius 2 is 1.06 bits per heavy atom. The van der Waals surface area contributed by atoms with Crippen LogP contribution in [0.4, 0.5) is 0 Å². The van der Waals surface area contributed by atoms with Crippen LogP contribution in [0, 0.1) is 0 Å². The lowest BCUT2D eigenvalue weighted by Crippen LogP contribution is -2.62. The number of hydrogen-bond donors (Lipinski definition) is 2. The van der Waals surface area contributed by atoms with Crippen LogP contribution in [0.3, 0.4) is 0 Å². The Morgan fingerprint density at radius 3 is 1.41 bits per heavy atom. The molecule has 0 radical (unpaired) electrons. The molecule has 3 aliphatic heterocycles. The summed E-state index contributed by atoms with van der Waals surface area (Å²) < 4.78 is 21.8. The van der Waals surface area contributed by atoms with E-state index >= 15 is 0 Å². The summed E-state index contributed by atoms with van der Waals surface area (Å²) in [7, 11) is 0. The molecule has 2 amide bonds. The predicted molar refractivity (Wildman–Crippen MR) is 124 cm³/mol. The molecule has 0 saturated carbocycles. The number of rotatable bonds is 12. The van der Waals surface area contributed by atoms with E-state index in [9.17, 15) is 9.59 Å². The van der Waals surface area contributed by atoms with Crippen LogP contribution in [0.15, 0.2) is 48.5 Å². The molecule has 0 aliphatic carbocycles. The third-order valence-corrected chi connectivity index (χ3v) is 6.21. The lowest BCUT2D eigenvalue weighted by molar-refractivity contribution is -0.136. The maximum Gasteiger partial charge on any atom is 0.243 e. The van der Waals surface area contributed by atoms with E-state index in [1.807, 2.05) is 48.5 Å². The van der Waals surface area contributed by atoms with Crippen molar-refractivity contribution >= 4 is 11.8 Å². The fourth-order valence-electron chi connectivity index (χ4n) is 3.96. The van der Waals surface area contributed by atoms with Crippen LogP contribution in [0.25, 0.3) is 0 Å². The first kappa shape index (κ1) is 22.7. The van der Waals surface area contributed by atoms with Crippen LogP contribution in [0.5, 0.6) is 11.5 Å². The first-order chi connectivity index (χ1) is 16.6. The largest absolute Gasteiger partial charge is 0.493 e. The van der Waals surface area contributed by atoms with Crippen molar-refractivity contribution in [2.45, 2.75) is 50.0 Å². The molecule has 0 bridgehead atoms. The number of nitrogens with one attached hydrogen (secondary N) is 2. The van der Waals surface area contributed by atoms with Gasteiger partial charge in [-0.2, -0.15) is 0 Å². The minimum absolute atomic E-state index is 0.170. The second-order valence-electron chi connectivity index (χ2n) is 9.00. The summed E-state index contributed by atoms with van der Waals surface area (Å²) in [5.74, 6) is 1.23. The van der Waals surface area contributed by atoms with Gasteiger partial charge in [0.15, 0.2) is 0 Å². The smallest absolute Gasteiger partial charge is 0.243 e. The highest BCUT2D eigenvalue weighted by atomic mass is 16.6. The minimum Gasteiger partial charge on any atom is -0.493 e. The van der Waals surface area contributed by atoms with Crippen molar-refractivity contribution in [3.05, 3.63) is 59.7 Å². The van der Waals surface area contributed by atoms with E-state index in [-0.39, 0.29) is 11.8 Å². The molecule has 180 valence electrons. The van der Waals surface area contributed by atoms with E-state index in [1.54, 1.807) is 0 Å². The lowest BCUT2D eigenvalue weighted by Gasteiger charge is -2.29.